The Kier molecular flexibility index (Phi) is 4.79. The molecule has 0 fully saturated rings. The minimum absolute atomic E-state index is 0.0928. The fraction of sp³-hybridized carbons (Fsp3) is 0.211. The van der Waals surface area contributed by atoms with Crippen molar-refractivity contribution in [1.29, 1.82) is 0 Å². The molecule has 0 radical (unpaired) electrons. The minimum Gasteiger partial charge on any atom is -0.465 e. The van der Waals surface area contributed by atoms with Crippen LogP contribution < -0.4 is 0 Å². The monoisotopic (exact) mass is 337 g/mol. The van der Waals surface area contributed by atoms with E-state index in [0.717, 1.165) is 11.3 Å². The Balaban J connectivity index is 1.80. The lowest BCUT2D eigenvalue weighted by molar-refractivity contribution is 0.0599. The number of rotatable bonds is 5. The second-order valence-electron chi connectivity index (χ2n) is 5.57. The summed E-state index contributed by atoms with van der Waals surface area (Å²) in [6, 6.07) is 12.3. The molecular weight excluding hydrogens is 318 g/mol. The molecule has 0 unspecified atom stereocenters. The molecule has 6 nitrogen and oxygen atoms in total. The molecule has 25 heavy (non-hydrogen) atoms. The fourth-order valence-electron chi connectivity index (χ4n) is 2.67. The lowest BCUT2D eigenvalue weighted by Gasteiger charge is -2.20. The number of hydrogen-bond donors (Lipinski definition) is 0. The Labute approximate surface area is 145 Å². The SMILES string of the molecule is CCN(Cc1cnc2ccccn12)C(=O)c1ccc(C(=O)OC)cc1. The number of aromatic nitrogens is 2. The van der Waals surface area contributed by atoms with Crippen LogP contribution in [-0.4, -0.2) is 39.8 Å². The van der Waals surface area contributed by atoms with Crippen LogP contribution in [0.15, 0.2) is 54.9 Å². The molecule has 0 spiro atoms. The van der Waals surface area contributed by atoms with Gasteiger partial charge in [0.15, 0.2) is 0 Å². The molecule has 0 saturated heterocycles. The average Bonchev–Trinajstić information content (AvgIpc) is 3.08. The summed E-state index contributed by atoms with van der Waals surface area (Å²) in [5, 5.41) is 0. The molecule has 0 aliphatic carbocycles. The number of amides is 1. The summed E-state index contributed by atoms with van der Waals surface area (Å²) in [6.07, 6.45) is 3.72. The molecular formula is C19H19N3O3. The summed E-state index contributed by atoms with van der Waals surface area (Å²) in [7, 11) is 1.33. The highest BCUT2D eigenvalue weighted by Crippen LogP contribution is 2.13. The van der Waals surface area contributed by atoms with Gasteiger partial charge in [-0.2, -0.15) is 0 Å². The zero-order valence-electron chi connectivity index (χ0n) is 14.2. The highest BCUT2D eigenvalue weighted by atomic mass is 16.5. The molecule has 0 saturated carbocycles. The smallest absolute Gasteiger partial charge is 0.337 e. The van der Waals surface area contributed by atoms with Gasteiger partial charge in [-0.15, -0.1) is 0 Å². The van der Waals surface area contributed by atoms with Gasteiger partial charge in [0.05, 0.1) is 31.1 Å². The van der Waals surface area contributed by atoms with Gasteiger partial charge in [0.2, 0.25) is 0 Å². The summed E-state index contributed by atoms with van der Waals surface area (Å²) < 4.78 is 6.64. The van der Waals surface area contributed by atoms with Gasteiger partial charge in [-0.3, -0.25) is 4.79 Å². The predicted molar refractivity (Wildman–Crippen MR) is 93.4 cm³/mol. The summed E-state index contributed by atoms with van der Waals surface area (Å²) in [6.45, 7) is 2.96. The molecule has 2 aromatic heterocycles. The summed E-state index contributed by atoms with van der Waals surface area (Å²) in [5.74, 6) is -0.512. The Morgan fingerprint density at radius 2 is 1.84 bits per heavy atom. The van der Waals surface area contributed by atoms with Crippen molar-refractivity contribution in [3.05, 3.63) is 71.7 Å². The third kappa shape index (κ3) is 3.38. The maximum Gasteiger partial charge on any atom is 0.337 e. The maximum atomic E-state index is 12.8. The molecule has 128 valence electrons. The summed E-state index contributed by atoms with van der Waals surface area (Å²) in [4.78, 5) is 30.4. The minimum atomic E-state index is -0.419. The van der Waals surface area contributed by atoms with Crippen molar-refractivity contribution in [2.24, 2.45) is 0 Å². The Bertz CT molecular complexity index is 900. The molecule has 1 amide bonds. The van der Waals surface area contributed by atoms with Crippen molar-refractivity contribution in [3.8, 4) is 0 Å². The number of ether oxygens (including phenoxy) is 1. The molecule has 0 aliphatic heterocycles. The van der Waals surface area contributed by atoms with Gasteiger partial charge < -0.3 is 14.0 Å². The highest BCUT2D eigenvalue weighted by Gasteiger charge is 2.17. The van der Waals surface area contributed by atoms with E-state index >= 15 is 0 Å². The fourth-order valence-corrected chi connectivity index (χ4v) is 2.67. The first kappa shape index (κ1) is 16.7. The number of benzene rings is 1. The largest absolute Gasteiger partial charge is 0.465 e. The molecule has 2 heterocycles. The van der Waals surface area contributed by atoms with Crippen LogP contribution >= 0.6 is 0 Å². The number of pyridine rings is 1. The third-order valence-corrected chi connectivity index (χ3v) is 4.07. The quantitative estimate of drug-likeness (QED) is 0.672. The van der Waals surface area contributed by atoms with Crippen molar-refractivity contribution in [2.75, 3.05) is 13.7 Å². The second kappa shape index (κ2) is 7.17. The van der Waals surface area contributed by atoms with Crippen molar-refractivity contribution in [2.45, 2.75) is 13.5 Å². The first-order valence-electron chi connectivity index (χ1n) is 8.02. The number of esters is 1. The van der Waals surface area contributed by atoms with E-state index in [9.17, 15) is 9.59 Å². The Morgan fingerprint density at radius 3 is 2.52 bits per heavy atom. The number of carbonyl (C=O) groups excluding carboxylic acids is 2. The molecule has 6 heteroatoms. The Morgan fingerprint density at radius 1 is 1.12 bits per heavy atom. The van der Waals surface area contributed by atoms with Crippen LogP contribution in [0.2, 0.25) is 0 Å². The summed E-state index contributed by atoms with van der Waals surface area (Å²) >= 11 is 0. The van der Waals surface area contributed by atoms with E-state index in [-0.39, 0.29) is 5.91 Å². The number of hydrogen-bond acceptors (Lipinski definition) is 4. The van der Waals surface area contributed by atoms with Crippen LogP contribution in [0.25, 0.3) is 5.65 Å². The van der Waals surface area contributed by atoms with Crippen molar-refractivity contribution < 1.29 is 14.3 Å². The lowest BCUT2D eigenvalue weighted by Crippen LogP contribution is -2.30. The summed E-state index contributed by atoms with van der Waals surface area (Å²) in [5.41, 5.74) is 2.74. The van der Waals surface area contributed by atoms with E-state index in [1.807, 2.05) is 35.7 Å². The van der Waals surface area contributed by atoms with Crippen molar-refractivity contribution in [1.82, 2.24) is 14.3 Å². The first-order valence-corrected chi connectivity index (χ1v) is 8.02. The van der Waals surface area contributed by atoms with E-state index in [4.69, 9.17) is 0 Å². The average molecular weight is 337 g/mol. The molecule has 1 aromatic carbocycles. The standard InChI is InChI=1S/C19H19N3O3/c1-3-21(13-16-12-20-17-6-4-5-11-22(16)17)18(23)14-7-9-15(10-8-14)19(24)25-2/h4-12H,3,13H2,1-2H3. The predicted octanol–water partition coefficient (Wildman–Crippen LogP) is 2.78. The van der Waals surface area contributed by atoms with E-state index in [2.05, 4.69) is 9.72 Å². The topological polar surface area (TPSA) is 63.9 Å². The molecule has 0 bridgehead atoms. The van der Waals surface area contributed by atoms with Crippen LogP contribution in [0.5, 0.6) is 0 Å². The van der Waals surface area contributed by atoms with E-state index in [0.29, 0.717) is 24.2 Å². The zero-order valence-corrected chi connectivity index (χ0v) is 14.2. The van der Waals surface area contributed by atoms with Crippen molar-refractivity contribution in [3.63, 3.8) is 0 Å². The van der Waals surface area contributed by atoms with Gasteiger partial charge in [0.1, 0.15) is 5.65 Å². The van der Waals surface area contributed by atoms with E-state index < -0.39 is 5.97 Å². The Hall–Kier alpha value is -3.15. The molecule has 0 N–H and O–H groups in total. The van der Waals surface area contributed by atoms with Crippen LogP contribution in [-0.2, 0) is 11.3 Å². The van der Waals surface area contributed by atoms with Crippen LogP contribution in [0.3, 0.4) is 0 Å². The number of fused-ring (bicyclic) bond motifs is 1. The van der Waals surface area contributed by atoms with Crippen LogP contribution in [0, 0.1) is 0 Å². The number of nitrogens with zero attached hydrogens (tertiary/aromatic N) is 3. The molecule has 0 aliphatic rings. The van der Waals surface area contributed by atoms with Crippen LogP contribution in [0.4, 0.5) is 0 Å². The van der Waals surface area contributed by atoms with Gasteiger partial charge in [-0.1, -0.05) is 6.07 Å². The maximum absolute atomic E-state index is 12.8. The third-order valence-electron chi connectivity index (χ3n) is 4.07. The number of carbonyl (C=O) groups is 2. The second-order valence-corrected chi connectivity index (χ2v) is 5.57. The van der Waals surface area contributed by atoms with Gasteiger partial charge in [-0.05, 0) is 43.3 Å². The van der Waals surface area contributed by atoms with E-state index in [1.54, 1.807) is 35.4 Å². The molecule has 0 atom stereocenters. The van der Waals surface area contributed by atoms with Gasteiger partial charge in [0.25, 0.3) is 5.91 Å². The zero-order chi connectivity index (χ0) is 17.8. The lowest BCUT2D eigenvalue weighted by atomic mass is 10.1. The highest BCUT2D eigenvalue weighted by molar-refractivity contribution is 5.96. The van der Waals surface area contributed by atoms with E-state index in [1.165, 1.54) is 7.11 Å². The number of methoxy groups -OCH3 is 1. The van der Waals surface area contributed by atoms with Crippen LogP contribution in [0.1, 0.15) is 33.3 Å². The first-order chi connectivity index (χ1) is 12.1. The molecule has 3 rings (SSSR count). The number of imidazole rings is 1. The normalized spacial score (nSPS) is 10.6. The molecule has 3 aromatic rings. The van der Waals surface area contributed by atoms with Gasteiger partial charge in [-0.25, -0.2) is 9.78 Å². The van der Waals surface area contributed by atoms with Crippen molar-refractivity contribution >= 4 is 17.5 Å². The van der Waals surface area contributed by atoms with Gasteiger partial charge in [0, 0.05) is 18.3 Å². The van der Waals surface area contributed by atoms with Gasteiger partial charge >= 0.3 is 5.97 Å².